The average molecular weight is 294 g/mol. The third kappa shape index (κ3) is 3.11. The minimum Gasteiger partial charge on any atom is -0.495 e. The lowest BCUT2D eigenvalue weighted by Gasteiger charge is -2.09. The zero-order chi connectivity index (χ0) is 11.4. The molecule has 0 saturated heterocycles. The largest absolute Gasteiger partial charge is 0.495 e. The smallest absolute Gasteiger partial charge is 0.307 e. The first-order chi connectivity index (χ1) is 7.08. The van der Waals surface area contributed by atoms with Crippen molar-refractivity contribution in [1.82, 2.24) is 0 Å². The number of hydrogen-bond acceptors (Lipinski definition) is 2. The van der Waals surface area contributed by atoms with Crippen LogP contribution in [0.2, 0.25) is 5.02 Å². The Labute approximate surface area is 101 Å². The van der Waals surface area contributed by atoms with Gasteiger partial charge in [0.2, 0.25) is 0 Å². The first-order valence-electron chi connectivity index (χ1n) is 4.21. The zero-order valence-electron chi connectivity index (χ0n) is 8.09. The van der Waals surface area contributed by atoms with Gasteiger partial charge in [0.05, 0.1) is 18.6 Å². The maximum absolute atomic E-state index is 10.6. The van der Waals surface area contributed by atoms with Crippen LogP contribution in [0, 0.1) is 0 Å². The Morgan fingerprint density at radius 1 is 1.60 bits per heavy atom. The summed E-state index contributed by atoms with van der Waals surface area (Å²) in [6.07, 6.45) is -0.101. The summed E-state index contributed by atoms with van der Waals surface area (Å²) in [5.74, 6) is -0.407. The van der Waals surface area contributed by atoms with Gasteiger partial charge in [-0.05, 0) is 17.2 Å². The van der Waals surface area contributed by atoms with Gasteiger partial charge in [0.25, 0.3) is 0 Å². The standard InChI is InChI=1S/C10H10BrClO3/c1-15-8-3-6(5-11)2-7(10(8)12)4-9(13)14/h2-3H,4-5H2,1H3,(H,13,14). The lowest BCUT2D eigenvalue weighted by Crippen LogP contribution is -2.02. The SMILES string of the molecule is COc1cc(CBr)cc(CC(=O)O)c1Cl. The second-order valence-electron chi connectivity index (χ2n) is 2.98. The molecule has 0 aromatic heterocycles. The van der Waals surface area contributed by atoms with E-state index in [1.165, 1.54) is 7.11 Å². The van der Waals surface area contributed by atoms with Gasteiger partial charge in [0.15, 0.2) is 0 Å². The van der Waals surface area contributed by atoms with Gasteiger partial charge in [-0.1, -0.05) is 33.6 Å². The third-order valence-corrected chi connectivity index (χ3v) is 2.97. The van der Waals surface area contributed by atoms with Gasteiger partial charge in [0, 0.05) is 5.33 Å². The summed E-state index contributed by atoms with van der Waals surface area (Å²) in [6.45, 7) is 0. The summed E-state index contributed by atoms with van der Waals surface area (Å²) in [5, 5.41) is 9.70. The minimum atomic E-state index is -0.911. The molecule has 0 aliphatic carbocycles. The summed E-state index contributed by atoms with van der Waals surface area (Å²) in [5.41, 5.74) is 1.51. The van der Waals surface area contributed by atoms with Gasteiger partial charge in [-0.3, -0.25) is 4.79 Å². The molecule has 0 aliphatic rings. The minimum absolute atomic E-state index is 0.101. The maximum Gasteiger partial charge on any atom is 0.307 e. The summed E-state index contributed by atoms with van der Waals surface area (Å²) in [6, 6.07) is 3.54. The number of hydrogen-bond donors (Lipinski definition) is 1. The first kappa shape index (κ1) is 12.3. The van der Waals surface area contributed by atoms with Crippen LogP contribution in [0.1, 0.15) is 11.1 Å². The van der Waals surface area contributed by atoms with Crippen LogP contribution in [-0.2, 0) is 16.5 Å². The number of benzene rings is 1. The number of carboxylic acid groups (broad SMARTS) is 1. The van der Waals surface area contributed by atoms with Crippen LogP contribution >= 0.6 is 27.5 Å². The predicted molar refractivity (Wildman–Crippen MR) is 62.0 cm³/mol. The van der Waals surface area contributed by atoms with Gasteiger partial charge in [-0.15, -0.1) is 0 Å². The Hall–Kier alpha value is -0.740. The van der Waals surface area contributed by atoms with Crippen molar-refractivity contribution in [3.05, 3.63) is 28.3 Å². The predicted octanol–water partition coefficient (Wildman–Crippen LogP) is 2.87. The van der Waals surface area contributed by atoms with Crippen LogP contribution in [0.25, 0.3) is 0 Å². The van der Waals surface area contributed by atoms with Crippen molar-refractivity contribution >= 4 is 33.5 Å². The molecule has 0 atom stereocenters. The second kappa shape index (κ2) is 5.37. The summed E-state index contributed by atoms with van der Waals surface area (Å²) in [4.78, 5) is 10.6. The van der Waals surface area contributed by atoms with E-state index in [1.54, 1.807) is 12.1 Å². The highest BCUT2D eigenvalue weighted by Crippen LogP contribution is 2.30. The highest BCUT2D eigenvalue weighted by Gasteiger charge is 2.11. The molecule has 0 heterocycles. The molecule has 0 unspecified atom stereocenters. The molecule has 15 heavy (non-hydrogen) atoms. The van der Waals surface area contributed by atoms with Crippen molar-refractivity contribution in [2.45, 2.75) is 11.8 Å². The normalized spacial score (nSPS) is 10.1. The van der Waals surface area contributed by atoms with Gasteiger partial charge < -0.3 is 9.84 Å². The molecule has 0 aliphatic heterocycles. The van der Waals surface area contributed by atoms with Crippen LogP contribution in [0.3, 0.4) is 0 Å². The molecule has 1 rings (SSSR count). The van der Waals surface area contributed by atoms with E-state index in [-0.39, 0.29) is 6.42 Å². The summed E-state index contributed by atoms with van der Waals surface area (Å²) in [7, 11) is 1.50. The van der Waals surface area contributed by atoms with E-state index in [4.69, 9.17) is 21.4 Å². The van der Waals surface area contributed by atoms with Gasteiger partial charge in [-0.2, -0.15) is 0 Å². The number of carbonyl (C=O) groups is 1. The van der Waals surface area contributed by atoms with E-state index < -0.39 is 5.97 Å². The Morgan fingerprint density at radius 3 is 2.73 bits per heavy atom. The van der Waals surface area contributed by atoms with E-state index >= 15 is 0 Å². The van der Waals surface area contributed by atoms with E-state index in [0.29, 0.717) is 21.7 Å². The topological polar surface area (TPSA) is 46.5 Å². The molecule has 0 fully saturated rings. The van der Waals surface area contributed by atoms with E-state index in [1.807, 2.05) is 0 Å². The molecule has 82 valence electrons. The first-order valence-corrected chi connectivity index (χ1v) is 5.71. The monoisotopic (exact) mass is 292 g/mol. The molecule has 0 radical (unpaired) electrons. The van der Waals surface area contributed by atoms with E-state index in [9.17, 15) is 4.79 Å². The lowest BCUT2D eigenvalue weighted by molar-refractivity contribution is -0.136. The van der Waals surface area contributed by atoms with Crippen molar-refractivity contribution in [1.29, 1.82) is 0 Å². The Kier molecular flexibility index (Phi) is 4.42. The molecular weight excluding hydrogens is 283 g/mol. The zero-order valence-corrected chi connectivity index (χ0v) is 10.4. The van der Waals surface area contributed by atoms with Crippen LogP contribution < -0.4 is 4.74 Å². The fraction of sp³-hybridized carbons (Fsp3) is 0.300. The number of aliphatic carboxylic acids is 1. The number of methoxy groups -OCH3 is 1. The van der Waals surface area contributed by atoms with Crippen molar-refractivity contribution < 1.29 is 14.6 Å². The Balaban J connectivity index is 3.17. The van der Waals surface area contributed by atoms with Gasteiger partial charge in [0.1, 0.15) is 5.75 Å². The molecular formula is C10H10BrClO3. The molecule has 0 amide bonds. The summed E-state index contributed by atoms with van der Waals surface area (Å²) >= 11 is 9.28. The summed E-state index contributed by atoms with van der Waals surface area (Å²) < 4.78 is 5.06. The van der Waals surface area contributed by atoms with Crippen molar-refractivity contribution in [3.63, 3.8) is 0 Å². The van der Waals surface area contributed by atoms with Crippen LogP contribution in [-0.4, -0.2) is 18.2 Å². The average Bonchev–Trinajstić information content (AvgIpc) is 2.20. The van der Waals surface area contributed by atoms with Crippen molar-refractivity contribution in [3.8, 4) is 5.75 Å². The molecule has 1 N–H and O–H groups in total. The fourth-order valence-electron chi connectivity index (χ4n) is 1.24. The third-order valence-electron chi connectivity index (χ3n) is 1.89. The molecule has 3 nitrogen and oxygen atoms in total. The Bertz CT molecular complexity index is 379. The molecule has 0 bridgehead atoms. The molecule has 0 spiro atoms. The number of alkyl halides is 1. The van der Waals surface area contributed by atoms with E-state index in [0.717, 1.165) is 5.56 Å². The number of rotatable bonds is 4. The number of ether oxygens (including phenoxy) is 1. The lowest BCUT2D eigenvalue weighted by atomic mass is 10.1. The second-order valence-corrected chi connectivity index (χ2v) is 3.91. The number of carboxylic acids is 1. The van der Waals surface area contributed by atoms with Crippen molar-refractivity contribution in [2.24, 2.45) is 0 Å². The molecule has 0 saturated carbocycles. The molecule has 1 aromatic rings. The Morgan fingerprint density at radius 2 is 2.27 bits per heavy atom. The van der Waals surface area contributed by atoms with Gasteiger partial charge in [-0.25, -0.2) is 0 Å². The highest BCUT2D eigenvalue weighted by molar-refractivity contribution is 9.08. The molecule has 1 aromatic carbocycles. The van der Waals surface area contributed by atoms with Crippen LogP contribution in [0.5, 0.6) is 5.75 Å². The quantitative estimate of drug-likeness (QED) is 0.868. The highest BCUT2D eigenvalue weighted by atomic mass is 79.9. The van der Waals surface area contributed by atoms with Crippen LogP contribution in [0.4, 0.5) is 0 Å². The fourth-order valence-corrected chi connectivity index (χ4v) is 1.81. The van der Waals surface area contributed by atoms with Gasteiger partial charge >= 0.3 is 5.97 Å². The van der Waals surface area contributed by atoms with Crippen molar-refractivity contribution in [2.75, 3.05) is 7.11 Å². The maximum atomic E-state index is 10.6. The number of halogens is 2. The molecule has 5 heteroatoms. The van der Waals surface area contributed by atoms with E-state index in [2.05, 4.69) is 15.9 Å². The van der Waals surface area contributed by atoms with Crippen LogP contribution in [0.15, 0.2) is 12.1 Å².